The van der Waals surface area contributed by atoms with E-state index < -0.39 is 12.1 Å². The number of alkyl carbamates (subject to hydrolysis) is 1. The van der Waals surface area contributed by atoms with Crippen LogP contribution in [0.3, 0.4) is 0 Å². The van der Waals surface area contributed by atoms with Crippen molar-refractivity contribution in [2.45, 2.75) is 44.9 Å². The number of hydrogen-bond donors (Lipinski definition) is 2. The van der Waals surface area contributed by atoms with Crippen LogP contribution in [0.25, 0.3) is 0 Å². The number of piperidine rings is 1. The van der Waals surface area contributed by atoms with E-state index in [-0.39, 0.29) is 18.6 Å². The van der Waals surface area contributed by atoms with Crippen molar-refractivity contribution >= 4 is 12.0 Å². The predicted molar refractivity (Wildman–Crippen MR) is 109 cm³/mol. The Morgan fingerprint density at radius 1 is 1.10 bits per heavy atom. The minimum Gasteiger partial charge on any atom is -0.468 e. The molecule has 1 saturated heterocycles. The number of amides is 2. The van der Waals surface area contributed by atoms with Gasteiger partial charge in [-0.3, -0.25) is 9.69 Å². The van der Waals surface area contributed by atoms with E-state index >= 15 is 0 Å². The molecule has 2 atom stereocenters. The Kier molecular flexibility index (Phi) is 7.69. The van der Waals surface area contributed by atoms with Crippen molar-refractivity contribution in [2.75, 3.05) is 19.6 Å². The maximum absolute atomic E-state index is 12.5. The van der Waals surface area contributed by atoms with E-state index in [1.807, 2.05) is 42.5 Å². The number of nitrogens with one attached hydrogen (secondary N) is 2. The molecular weight excluding hydrogens is 370 g/mol. The molecule has 0 aliphatic carbocycles. The molecule has 7 nitrogen and oxygen atoms in total. The molecule has 1 fully saturated rings. The first kappa shape index (κ1) is 20.9. The summed E-state index contributed by atoms with van der Waals surface area (Å²) in [6, 6.07) is 12.5. The second-order valence-corrected chi connectivity index (χ2v) is 7.30. The summed E-state index contributed by atoms with van der Waals surface area (Å²) in [5.41, 5.74) is 0.891. The van der Waals surface area contributed by atoms with Crippen LogP contribution < -0.4 is 10.6 Å². The van der Waals surface area contributed by atoms with E-state index in [2.05, 4.69) is 15.5 Å². The molecule has 1 aliphatic heterocycles. The molecule has 29 heavy (non-hydrogen) atoms. The van der Waals surface area contributed by atoms with Crippen molar-refractivity contribution in [1.29, 1.82) is 0 Å². The van der Waals surface area contributed by atoms with Gasteiger partial charge in [0.05, 0.1) is 12.3 Å². The van der Waals surface area contributed by atoms with Gasteiger partial charge in [-0.1, -0.05) is 36.8 Å². The topological polar surface area (TPSA) is 83.8 Å². The Balaban J connectivity index is 1.46. The highest BCUT2D eigenvalue weighted by Gasteiger charge is 2.26. The van der Waals surface area contributed by atoms with E-state index in [1.165, 1.54) is 6.42 Å². The number of furan rings is 1. The Morgan fingerprint density at radius 2 is 1.86 bits per heavy atom. The van der Waals surface area contributed by atoms with Gasteiger partial charge < -0.3 is 19.8 Å². The van der Waals surface area contributed by atoms with Crippen LogP contribution in [0.2, 0.25) is 0 Å². The molecule has 2 amide bonds. The van der Waals surface area contributed by atoms with Crippen LogP contribution in [-0.2, 0) is 16.1 Å². The van der Waals surface area contributed by atoms with Crippen molar-refractivity contribution in [3.8, 4) is 0 Å². The fraction of sp³-hybridized carbons (Fsp3) is 0.455. The van der Waals surface area contributed by atoms with Crippen LogP contribution in [0.4, 0.5) is 4.79 Å². The first-order valence-corrected chi connectivity index (χ1v) is 10.2. The van der Waals surface area contributed by atoms with E-state index in [1.54, 1.807) is 13.2 Å². The number of benzene rings is 1. The Morgan fingerprint density at radius 3 is 2.55 bits per heavy atom. The number of ether oxygens (including phenoxy) is 1. The maximum atomic E-state index is 12.5. The zero-order valence-electron chi connectivity index (χ0n) is 16.8. The van der Waals surface area contributed by atoms with Crippen LogP contribution in [0, 0.1) is 0 Å². The van der Waals surface area contributed by atoms with Crippen LogP contribution in [-0.4, -0.2) is 42.6 Å². The number of rotatable bonds is 8. The summed E-state index contributed by atoms with van der Waals surface area (Å²) >= 11 is 0. The zero-order chi connectivity index (χ0) is 20.5. The quantitative estimate of drug-likeness (QED) is 0.712. The molecule has 1 unspecified atom stereocenters. The lowest BCUT2D eigenvalue weighted by Crippen LogP contribution is -2.47. The van der Waals surface area contributed by atoms with Crippen LogP contribution in [0.5, 0.6) is 0 Å². The largest absolute Gasteiger partial charge is 0.468 e. The van der Waals surface area contributed by atoms with Gasteiger partial charge in [-0.05, 0) is 50.6 Å². The van der Waals surface area contributed by atoms with Crippen molar-refractivity contribution in [3.63, 3.8) is 0 Å². The Labute approximate surface area is 171 Å². The molecule has 3 rings (SSSR count). The van der Waals surface area contributed by atoms with Gasteiger partial charge in [-0.15, -0.1) is 0 Å². The van der Waals surface area contributed by atoms with Gasteiger partial charge >= 0.3 is 6.09 Å². The normalized spacial score (nSPS) is 16.6. The predicted octanol–water partition coefficient (Wildman–Crippen LogP) is 3.24. The SMILES string of the molecule is C[C@H](NC(=O)OCc1ccccc1)C(=O)NCC(c1ccco1)N1CCCCC1. The van der Waals surface area contributed by atoms with Crippen molar-refractivity contribution in [2.24, 2.45) is 0 Å². The van der Waals surface area contributed by atoms with Gasteiger partial charge in [-0.2, -0.15) is 0 Å². The average Bonchev–Trinajstić information content (AvgIpc) is 3.28. The number of carbonyl (C=O) groups excluding carboxylic acids is 2. The average molecular weight is 399 g/mol. The summed E-state index contributed by atoms with van der Waals surface area (Å²) in [6.07, 6.45) is 4.57. The molecule has 0 radical (unpaired) electrons. The van der Waals surface area contributed by atoms with E-state index in [0.717, 1.165) is 37.3 Å². The highest BCUT2D eigenvalue weighted by molar-refractivity contribution is 5.85. The Bertz CT molecular complexity index is 758. The van der Waals surface area contributed by atoms with Gasteiger partial charge in [-0.25, -0.2) is 4.79 Å². The lowest BCUT2D eigenvalue weighted by atomic mass is 10.1. The summed E-state index contributed by atoms with van der Waals surface area (Å²) in [6.45, 7) is 4.21. The minimum atomic E-state index is -0.697. The van der Waals surface area contributed by atoms with E-state index in [4.69, 9.17) is 9.15 Å². The lowest BCUT2D eigenvalue weighted by Gasteiger charge is -2.33. The van der Waals surface area contributed by atoms with E-state index in [0.29, 0.717) is 6.54 Å². The monoisotopic (exact) mass is 399 g/mol. The molecule has 7 heteroatoms. The van der Waals surface area contributed by atoms with Crippen molar-refractivity contribution < 1.29 is 18.7 Å². The number of likely N-dealkylation sites (tertiary alicyclic amines) is 1. The highest BCUT2D eigenvalue weighted by atomic mass is 16.5. The van der Waals surface area contributed by atoms with Crippen LogP contribution in [0.1, 0.15) is 43.6 Å². The number of hydrogen-bond acceptors (Lipinski definition) is 5. The fourth-order valence-electron chi connectivity index (χ4n) is 3.48. The molecular formula is C22H29N3O4. The fourth-order valence-corrected chi connectivity index (χ4v) is 3.48. The molecule has 0 bridgehead atoms. The minimum absolute atomic E-state index is 0.00789. The molecule has 1 aromatic heterocycles. The molecule has 0 saturated carbocycles. The zero-order valence-corrected chi connectivity index (χ0v) is 16.8. The lowest BCUT2D eigenvalue weighted by molar-refractivity contribution is -0.123. The summed E-state index contributed by atoms with van der Waals surface area (Å²) in [5.74, 6) is 0.588. The standard InChI is InChI=1S/C22H29N3O4/c1-17(24-22(27)29-16-18-9-4-2-5-10-18)21(26)23-15-19(20-11-8-14-28-20)25-12-6-3-7-13-25/h2,4-5,8-11,14,17,19H,3,6-7,12-13,15-16H2,1H3,(H,23,26)(H,24,27)/t17-,19?/m0/s1. The van der Waals surface area contributed by atoms with Crippen molar-refractivity contribution in [3.05, 3.63) is 60.1 Å². The smallest absolute Gasteiger partial charge is 0.408 e. The molecule has 2 heterocycles. The first-order valence-electron chi connectivity index (χ1n) is 10.2. The molecule has 2 aromatic rings. The van der Waals surface area contributed by atoms with Gasteiger partial charge in [0.2, 0.25) is 5.91 Å². The van der Waals surface area contributed by atoms with E-state index in [9.17, 15) is 9.59 Å². The van der Waals surface area contributed by atoms with Gasteiger partial charge in [0, 0.05) is 6.54 Å². The summed E-state index contributed by atoms with van der Waals surface area (Å²) in [5, 5.41) is 5.51. The maximum Gasteiger partial charge on any atom is 0.408 e. The number of nitrogens with zero attached hydrogens (tertiary/aromatic N) is 1. The molecule has 1 aliphatic rings. The third-order valence-corrected chi connectivity index (χ3v) is 5.11. The van der Waals surface area contributed by atoms with Crippen LogP contribution >= 0.6 is 0 Å². The summed E-state index contributed by atoms with van der Waals surface area (Å²) in [4.78, 5) is 26.8. The second-order valence-electron chi connectivity index (χ2n) is 7.30. The van der Waals surface area contributed by atoms with Gasteiger partial charge in [0.15, 0.2) is 0 Å². The molecule has 2 N–H and O–H groups in total. The number of carbonyl (C=O) groups is 2. The van der Waals surface area contributed by atoms with Crippen molar-refractivity contribution in [1.82, 2.24) is 15.5 Å². The second kappa shape index (κ2) is 10.7. The first-order chi connectivity index (χ1) is 14.1. The third kappa shape index (κ3) is 6.35. The molecule has 0 spiro atoms. The third-order valence-electron chi connectivity index (χ3n) is 5.11. The highest BCUT2D eigenvalue weighted by Crippen LogP contribution is 2.24. The molecule has 1 aromatic carbocycles. The van der Waals surface area contributed by atoms with Gasteiger partial charge in [0.25, 0.3) is 0 Å². The van der Waals surface area contributed by atoms with Gasteiger partial charge in [0.1, 0.15) is 18.4 Å². The molecule has 156 valence electrons. The summed E-state index contributed by atoms with van der Waals surface area (Å²) in [7, 11) is 0. The summed E-state index contributed by atoms with van der Waals surface area (Å²) < 4.78 is 10.8. The Hall–Kier alpha value is -2.80. The van der Waals surface area contributed by atoms with Crippen LogP contribution in [0.15, 0.2) is 53.1 Å².